The highest BCUT2D eigenvalue weighted by Gasteiger charge is 2.21. The lowest BCUT2D eigenvalue weighted by molar-refractivity contribution is 0.574. The van der Waals surface area contributed by atoms with Crippen LogP contribution >= 0.6 is 0 Å². The van der Waals surface area contributed by atoms with Crippen molar-refractivity contribution in [2.24, 2.45) is 0 Å². The van der Waals surface area contributed by atoms with Crippen LogP contribution in [0.5, 0.6) is 0 Å². The Morgan fingerprint density at radius 1 is 1.24 bits per heavy atom. The van der Waals surface area contributed by atoms with Crippen LogP contribution in [0.4, 0.5) is 0 Å². The van der Waals surface area contributed by atoms with Gasteiger partial charge in [-0.25, -0.2) is 13.1 Å². The summed E-state index contributed by atoms with van der Waals surface area (Å²) in [7, 11) is -3.45. The van der Waals surface area contributed by atoms with E-state index < -0.39 is 10.0 Å². The van der Waals surface area contributed by atoms with Crippen LogP contribution in [0, 0.1) is 13.8 Å². The summed E-state index contributed by atoms with van der Waals surface area (Å²) in [5.74, 6) is 0. The Balaban J connectivity index is 2.58. The third-order valence-electron chi connectivity index (χ3n) is 2.35. The molecule has 1 heterocycles. The van der Waals surface area contributed by atoms with Gasteiger partial charge in [0.2, 0.25) is 10.0 Å². The van der Waals surface area contributed by atoms with E-state index in [1.54, 1.807) is 13.8 Å². The van der Waals surface area contributed by atoms with E-state index in [2.05, 4.69) is 27.2 Å². The van der Waals surface area contributed by atoms with Crippen LogP contribution in [0.1, 0.15) is 24.7 Å². The Morgan fingerprint density at radius 3 is 2.47 bits per heavy atom. The lowest BCUT2D eigenvalue weighted by Crippen LogP contribution is -2.32. The highest BCUT2D eigenvalue weighted by molar-refractivity contribution is 7.89. The molecule has 0 fully saturated rings. The smallest absolute Gasteiger partial charge is 0.244 e. The van der Waals surface area contributed by atoms with Gasteiger partial charge in [0, 0.05) is 13.1 Å². The summed E-state index contributed by atoms with van der Waals surface area (Å²) in [6.45, 7) is 7.34. The number of aryl methyl sites for hydroxylation is 2. The van der Waals surface area contributed by atoms with E-state index in [4.69, 9.17) is 0 Å². The van der Waals surface area contributed by atoms with Gasteiger partial charge in [-0.05, 0) is 26.8 Å². The van der Waals surface area contributed by atoms with E-state index in [1.807, 2.05) is 0 Å². The minimum Gasteiger partial charge on any atom is -0.315 e. The zero-order chi connectivity index (χ0) is 12.9. The molecule has 0 aromatic carbocycles. The number of nitrogens with one attached hydrogen (secondary N) is 3. The summed E-state index contributed by atoms with van der Waals surface area (Å²) in [5.41, 5.74) is 1.06. The van der Waals surface area contributed by atoms with Crippen molar-refractivity contribution in [2.45, 2.75) is 32.1 Å². The second-order valence-electron chi connectivity index (χ2n) is 3.91. The zero-order valence-electron chi connectivity index (χ0n) is 10.5. The highest BCUT2D eigenvalue weighted by Crippen LogP contribution is 2.15. The van der Waals surface area contributed by atoms with Crippen LogP contribution < -0.4 is 10.0 Å². The third-order valence-corrected chi connectivity index (χ3v) is 4.07. The summed E-state index contributed by atoms with van der Waals surface area (Å²) >= 11 is 0. The van der Waals surface area contributed by atoms with Crippen molar-refractivity contribution < 1.29 is 8.42 Å². The van der Waals surface area contributed by atoms with Crippen molar-refractivity contribution in [3.05, 3.63) is 11.4 Å². The molecule has 0 spiro atoms. The molecule has 0 amide bonds. The van der Waals surface area contributed by atoms with Crippen molar-refractivity contribution in [3.63, 3.8) is 0 Å². The first-order chi connectivity index (χ1) is 7.99. The second kappa shape index (κ2) is 6.13. The third kappa shape index (κ3) is 3.79. The van der Waals surface area contributed by atoms with E-state index in [0.717, 1.165) is 13.0 Å². The van der Waals surface area contributed by atoms with Crippen molar-refractivity contribution in [1.29, 1.82) is 0 Å². The van der Waals surface area contributed by atoms with Crippen LogP contribution in [0.25, 0.3) is 0 Å². The largest absolute Gasteiger partial charge is 0.315 e. The zero-order valence-corrected chi connectivity index (χ0v) is 11.3. The Labute approximate surface area is 102 Å². The summed E-state index contributed by atoms with van der Waals surface area (Å²) in [4.78, 5) is 0.257. The van der Waals surface area contributed by atoms with E-state index in [0.29, 0.717) is 24.5 Å². The first kappa shape index (κ1) is 14.1. The van der Waals surface area contributed by atoms with Gasteiger partial charge in [0.25, 0.3) is 0 Å². The molecule has 0 aliphatic rings. The molecule has 0 aliphatic carbocycles. The van der Waals surface area contributed by atoms with Crippen molar-refractivity contribution >= 4 is 10.0 Å². The number of aromatic amines is 1. The minimum absolute atomic E-state index is 0.257. The monoisotopic (exact) mass is 260 g/mol. The SMILES string of the molecule is CCCNCCNS(=O)(=O)c1c(C)n[nH]c1C. The van der Waals surface area contributed by atoms with Gasteiger partial charge in [-0.2, -0.15) is 5.10 Å². The molecule has 17 heavy (non-hydrogen) atoms. The molecule has 1 aromatic rings. The molecule has 0 saturated carbocycles. The highest BCUT2D eigenvalue weighted by atomic mass is 32.2. The molecule has 6 nitrogen and oxygen atoms in total. The van der Waals surface area contributed by atoms with Crippen LogP contribution in [0.15, 0.2) is 4.90 Å². The maximum absolute atomic E-state index is 12.0. The molecule has 98 valence electrons. The Hall–Kier alpha value is -0.920. The van der Waals surface area contributed by atoms with Gasteiger partial charge in [0.05, 0.1) is 11.4 Å². The quantitative estimate of drug-likeness (QED) is 0.616. The molecule has 7 heteroatoms. The van der Waals surface area contributed by atoms with Gasteiger partial charge in [0.1, 0.15) is 4.90 Å². The molecule has 1 rings (SSSR count). The molecule has 0 atom stereocenters. The van der Waals surface area contributed by atoms with Crippen molar-refractivity contribution in [1.82, 2.24) is 20.2 Å². The fourth-order valence-electron chi connectivity index (χ4n) is 1.58. The number of sulfonamides is 1. The summed E-state index contributed by atoms with van der Waals surface area (Å²) in [6, 6.07) is 0. The van der Waals surface area contributed by atoms with Crippen LogP contribution in [0.2, 0.25) is 0 Å². The van der Waals surface area contributed by atoms with Crippen molar-refractivity contribution in [2.75, 3.05) is 19.6 Å². The predicted octanol–water partition coefficient (Wildman–Crippen LogP) is 0.304. The predicted molar refractivity (Wildman–Crippen MR) is 66.4 cm³/mol. The molecule has 0 bridgehead atoms. The minimum atomic E-state index is -3.45. The number of rotatable bonds is 7. The van der Waals surface area contributed by atoms with Gasteiger partial charge >= 0.3 is 0 Å². The van der Waals surface area contributed by atoms with Gasteiger partial charge in [-0.1, -0.05) is 6.92 Å². The average molecular weight is 260 g/mol. The summed E-state index contributed by atoms with van der Waals surface area (Å²) in [5, 5.41) is 9.68. The maximum Gasteiger partial charge on any atom is 0.244 e. The Bertz CT molecular complexity index is 433. The molecular weight excluding hydrogens is 240 g/mol. The number of H-pyrrole nitrogens is 1. The average Bonchev–Trinajstić information content (AvgIpc) is 2.58. The van der Waals surface area contributed by atoms with Crippen LogP contribution in [-0.2, 0) is 10.0 Å². The van der Waals surface area contributed by atoms with E-state index in [1.165, 1.54) is 0 Å². The fraction of sp³-hybridized carbons (Fsp3) is 0.700. The summed E-state index contributed by atoms with van der Waals surface area (Å²) in [6.07, 6.45) is 1.03. The summed E-state index contributed by atoms with van der Waals surface area (Å²) < 4.78 is 26.5. The molecule has 0 radical (unpaired) electrons. The Morgan fingerprint density at radius 2 is 1.94 bits per heavy atom. The first-order valence-corrected chi connectivity index (χ1v) is 7.19. The van der Waals surface area contributed by atoms with Gasteiger partial charge in [0.15, 0.2) is 0 Å². The Kier molecular flexibility index (Phi) is 5.10. The number of aromatic nitrogens is 2. The number of hydrogen-bond acceptors (Lipinski definition) is 4. The normalized spacial score (nSPS) is 11.9. The standard InChI is InChI=1S/C10H20N4O2S/c1-4-5-11-6-7-12-17(15,16)10-8(2)13-14-9(10)3/h11-12H,4-7H2,1-3H3,(H,13,14). The number of hydrogen-bond donors (Lipinski definition) is 3. The maximum atomic E-state index is 12.0. The van der Waals surface area contributed by atoms with Gasteiger partial charge in [-0.15, -0.1) is 0 Å². The van der Waals surface area contributed by atoms with Crippen LogP contribution in [-0.4, -0.2) is 38.2 Å². The second-order valence-corrected chi connectivity index (χ2v) is 5.61. The van der Waals surface area contributed by atoms with E-state index in [9.17, 15) is 8.42 Å². The van der Waals surface area contributed by atoms with Crippen LogP contribution in [0.3, 0.4) is 0 Å². The van der Waals surface area contributed by atoms with Gasteiger partial charge < -0.3 is 5.32 Å². The molecule has 1 aromatic heterocycles. The van der Waals surface area contributed by atoms with Crippen molar-refractivity contribution in [3.8, 4) is 0 Å². The molecular formula is C10H20N4O2S. The topological polar surface area (TPSA) is 86.9 Å². The molecule has 0 aliphatic heterocycles. The van der Waals surface area contributed by atoms with E-state index >= 15 is 0 Å². The molecule has 0 unspecified atom stereocenters. The molecule has 3 N–H and O–H groups in total. The fourth-order valence-corrected chi connectivity index (χ4v) is 2.98. The lowest BCUT2D eigenvalue weighted by atomic mass is 10.4. The first-order valence-electron chi connectivity index (χ1n) is 5.71. The number of nitrogens with zero attached hydrogens (tertiary/aromatic N) is 1. The van der Waals surface area contributed by atoms with E-state index in [-0.39, 0.29) is 4.90 Å². The lowest BCUT2D eigenvalue weighted by Gasteiger charge is -2.07. The van der Waals surface area contributed by atoms with Gasteiger partial charge in [-0.3, -0.25) is 5.10 Å². The molecule has 0 saturated heterocycles.